The quantitative estimate of drug-likeness (QED) is 0.641. The number of halogens is 3. The van der Waals surface area contributed by atoms with Crippen LogP contribution in [0.25, 0.3) is 0 Å². The Labute approximate surface area is 141 Å². The maximum absolute atomic E-state index is 12.6. The molecule has 0 aromatic heterocycles. The van der Waals surface area contributed by atoms with Crippen molar-refractivity contribution in [2.45, 2.75) is 19.5 Å². The van der Waals surface area contributed by atoms with Gasteiger partial charge in [-0.15, -0.1) is 0 Å². The van der Waals surface area contributed by atoms with E-state index in [1.54, 1.807) is 0 Å². The Hall–Kier alpha value is -2.36. The first-order chi connectivity index (χ1) is 11.5. The molecule has 1 heterocycles. The van der Waals surface area contributed by atoms with E-state index in [1.165, 1.54) is 4.90 Å². The molecule has 0 saturated carbocycles. The van der Waals surface area contributed by atoms with Gasteiger partial charge in [0.2, 0.25) is 0 Å². The number of amides is 1. The Morgan fingerprint density at radius 2 is 2.16 bits per heavy atom. The molecule has 1 aliphatic rings. The highest BCUT2D eigenvalue weighted by molar-refractivity contribution is 5.98. The summed E-state index contributed by atoms with van der Waals surface area (Å²) in [5.41, 5.74) is 4.62. The largest absolute Gasteiger partial charge is 0.484 e. The van der Waals surface area contributed by atoms with Crippen LogP contribution in [0.1, 0.15) is 23.7 Å². The van der Waals surface area contributed by atoms with Crippen LogP contribution < -0.4 is 10.5 Å². The number of nitro groups is 1. The van der Waals surface area contributed by atoms with E-state index >= 15 is 0 Å². The number of hydrogen-bond donors (Lipinski definition) is 1. The summed E-state index contributed by atoms with van der Waals surface area (Å²) >= 11 is 0. The van der Waals surface area contributed by atoms with Gasteiger partial charge >= 0.3 is 6.18 Å². The van der Waals surface area contributed by atoms with Crippen molar-refractivity contribution in [2.75, 3.05) is 26.2 Å². The summed E-state index contributed by atoms with van der Waals surface area (Å²) in [5, 5.41) is 11.1. The molecule has 0 radical (unpaired) electrons. The van der Waals surface area contributed by atoms with Crippen LogP contribution in [0.2, 0.25) is 0 Å². The molecule has 1 amide bonds. The van der Waals surface area contributed by atoms with Gasteiger partial charge in [0.15, 0.2) is 6.61 Å². The Balaban J connectivity index is 2.27. The van der Waals surface area contributed by atoms with Crippen LogP contribution in [0.15, 0.2) is 18.2 Å². The first-order valence-electron chi connectivity index (χ1n) is 7.52. The van der Waals surface area contributed by atoms with Gasteiger partial charge in [0.1, 0.15) is 11.3 Å². The van der Waals surface area contributed by atoms with Crippen LogP contribution in [0.4, 0.5) is 18.9 Å². The molecule has 1 atom stereocenters. The first-order valence-corrected chi connectivity index (χ1v) is 7.52. The van der Waals surface area contributed by atoms with E-state index in [1.807, 2.05) is 6.92 Å². The first kappa shape index (κ1) is 19.0. The van der Waals surface area contributed by atoms with Gasteiger partial charge in [-0.3, -0.25) is 14.9 Å². The second-order valence-corrected chi connectivity index (χ2v) is 6.33. The zero-order valence-corrected chi connectivity index (χ0v) is 13.5. The second kappa shape index (κ2) is 6.87. The van der Waals surface area contributed by atoms with Crippen LogP contribution in [-0.2, 0) is 0 Å². The van der Waals surface area contributed by atoms with Crippen molar-refractivity contribution in [2.24, 2.45) is 11.1 Å². The fourth-order valence-electron chi connectivity index (χ4n) is 2.63. The SMILES string of the molecule is CC1(CN)CCN(C(=O)c2cc(OCC(F)(F)F)ccc2[N+](=O)[O-])C1. The number of ether oxygens (including phenoxy) is 1. The van der Waals surface area contributed by atoms with Crippen LogP contribution in [0.5, 0.6) is 5.75 Å². The summed E-state index contributed by atoms with van der Waals surface area (Å²) in [6.45, 7) is 1.41. The predicted octanol–water partition coefficient (Wildman–Crippen LogP) is 2.35. The van der Waals surface area contributed by atoms with Crippen molar-refractivity contribution in [1.29, 1.82) is 0 Å². The molecule has 138 valence electrons. The smallest absolute Gasteiger partial charge is 0.422 e. The zero-order valence-electron chi connectivity index (χ0n) is 13.5. The minimum atomic E-state index is -4.55. The lowest BCUT2D eigenvalue weighted by molar-refractivity contribution is -0.385. The molecular weight excluding hydrogens is 343 g/mol. The van der Waals surface area contributed by atoms with Crippen LogP contribution in [-0.4, -0.2) is 48.1 Å². The number of alkyl halides is 3. The van der Waals surface area contributed by atoms with Gasteiger partial charge in [-0.25, -0.2) is 0 Å². The van der Waals surface area contributed by atoms with Gasteiger partial charge in [0.25, 0.3) is 11.6 Å². The number of benzene rings is 1. The van der Waals surface area contributed by atoms with Gasteiger partial charge in [-0.1, -0.05) is 6.92 Å². The highest BCUT2D eigenvalue weighted by atomic mass is 19.4. The summed E-state index contributed by atoms with van der Waals surface area (Å²) in [4.78, 5) is 24.4. The average Bonchev–Trinajstić information content (AvgIpc) is 2.94. The van der Waals surface area contributed by atoms with E-state index < -0.39 is 29.3 Å². The number of carbonyl (C=O) groups excluding carboxylic acids is 1. The Bertz CT molecular complexity index is 680. The maximum atomic E-state index is 12.6. The Morgan fingerprint density at radius 3 is 2.68 bits per heavy atom. The molecular formula is C15H18F3N3O4. The molecule has 1 aromatic rings. The number of rotatable bonds is 5. The molecule has 1 aliphatic heterocycles. The van der Waals surface area contributed by atoms with Gasteiger partial charge in [0, 0.05) is 19.2 Å². The molecule has 1 saturated heterocycles. The fraction of sp³-hybridized carbons (Fsp3) is 0.533. The normalized spacial score (nSPS) is 20.6. The van der Waals surface area contributed by atoms with Gasteiger partial charge in [-0.05, 0) is 30.5 Å². The van der Waals surface area contributed by atoms with Crippen molar-refractivity contribution >= 4 is 11.6 Å². The Kier molecular flexibility index (Phi) is 5.21. The highest BCUT2D eigenvalue weighted by Gasteiger charge is 2.37. The van der Waals surface area contributed by atoms with Crippen LogP contribution in [0, 0.1) is 15.5 Å². The number of likely N-dealkylation sites (tertiary alicyclic amines) is 1. The maximum Gasteiger partial charge on any atom is 0.422 e. The van der Waals surface area contributed by atoms with Crippen LogP contribution in [0.3, 0.4) is 0 Å². The molecule has 2 N–H and O–H groups in total. The summed E-state index contributed by atoms with van der Waals surface area (Å²) in [6.07, 6.45) is -3.91. The van der Waals surface area contributed by atoms with E-state index in [4.69, 9.17) is 5.73 Å². The number of nitrogens with zero attached hydrogens (tertiary/aromatic N) is 2. The number of hydrogen-bond acceptors (Lipinski definition) is 5. The molecule has 10 heteroatoms. The lowest BCUT2D eigenvalue weighted by Gasteiger charge is -2.22. The predicted molar refractivity (Wildman–Crippen MR) is 82.3 cm³/mol. The summed E-state index contributed by atoms with van der Waals surface area (Å²) in [7, 11) is 0. The molecule has 0 aliphatic carbocycles. The molecule has 1 aromatic carbocycles. The lowest BCUT2D eigenvalue weighted by atomic mass is 9.90. The lowest BCUT2D eigenvalue weighted by Crippen LogP contribution is -2.34. The minimum Gasteiger partial charge on any atom is -0.484 e. The molecule has 0 bridgehead atoms. The van der Waals surface area contributed by atoms with Crippen molar-refractivity contribution in [3.8, 4) is 5.75 Å². The molecule has 25 heavy (non-hydrogen) atoms. The van der Waals surface area contributed by atoms with Crippen LogP contribution >= 0.6 is 0 Å². The summed E-state index contributed by atoms with van der Waals surface area (Å²) in [5.74, 6) is -0.881. The summed E-state index contributed by atoms with van der Waals surface area (Å²) in [6, 6.07) is 2.98. The number of carbonyl (C=O) groups is 1. The third kappa shape index (κ3) is 4.59. The molecule has 0 spiro atoms. The third-order valence-electron chi connectivity index (χ3n) is 4.14. The molecule has 7 nitrogen and oxygen atoms in total. The summed E-state index contributed by atoms with van der Waals surface area (Å²) < 4.78 is 41.4. The Morgan fingerprint density at radius 1 is 1.48 bits per heavy atom. The van der Waals surface area contributed by atoms with Gasteiger partial charge < -0.3 is 15.4 Å². The van der Waals surface area contributed by atoms with Crippen molar-refractivity contribution in [3.63, 3.8) is 0 Å². The second-order valence-electron chi connectivity index (χ2n) is 6.33. The molecule has 2 rings (SSSR count). The molecule has 1 unspecified atom stereocenters. The molecule has 1 fully saturated rings. The highest BCUT2D eigenvalue weighted by Crippen LogP contribution is 2.32. The van der Waals surface area contributed by atoms with E-state index in [0.29, 0.717) is 26.1 Å². The minimum absolute atomic E-state index is 0.257. The van der Waals surface area contributed by atoms with Crippen molar-refractivity contribution < 1.29 is 27.6 Å². The van der Waals surface area contributed by atoms with E-state index in [-0.39, 0.29) is 16.7 Å². The fourth-order valence-corrected chi connectivity index (χ4v) is 2.63. The van der Waals surface area contributed by atoms with E-state index in [0.717, 1.165) is 18.2 Å². The number of nitrogens with two attached hydrogens (primary N) is 1. The number of nitro benzene ring substituents is 1. The third-order valence-corrected chi connectivity index (χ3v) is 4.14. The van der Waals surface area contributed by atoms with Crippen molar-refractivity contribution in [3.05, 3.63) is 33.9 Å². The van der Waals surface area contributed by atoms with Gasteiger partial charge in [0.05, 0.1) is 4.92 Å². The standard InChI is InChI=1S/C15H18F3N3O4/c1-14(7-19)4-5-20(8-14)13(22)11-6-10(25-9-15(16,17)18)2-3-12(11)21(23)24/h2-3,6H,4-5,7-9,19H2,1H3. The van der Waals surface area contributed by atoms with E-state index in [2.05, 4.69) is 4.74 Å². The monoisotopic (exact) mass is 361 g/mol. The van der Waals surface area contributed by atoms with Crippen molar-refractivity contribution in [1.82, 2.24) is 4.90 Å². The zero-order chi connectivity index (χ0) is 18.8. The van der Waals surface area contributed by atoms with E-state index in [9.17, 15) is 28.1 Å². The average molecular weight is 361 g/mol. The van der Waals surface area contributed by atoms with Gasteiger partial charge in [-0.2, -0.15) is 13.2 Å². The topological polar surface area (TPSA) is 98.7 Å².